The van der Waals surface area contributed by atoms with Crippen molar-refractivity contribution < 1.29 is 18.0 Å². The van der Waals surface area contributed by atoms with Gasteiger partial charge in [0.15, 0.2) is 11.2 Å². The van der Waals surface area contributed by atoms with E-state index in [1.807, 2.05) is 0 Å². The molecule has 8 nitrogen and oxygen atoms in total. The Morgan fingerprint density at radius 3 is 2.35 bits per heavy atom. The van der Waals surface area contributed by atoms with Crippen molar-refractivity contribution in [3.05, 3.63) is 62.6 Å². The molecule has 0 aliphatic rings. The number of alkyl halides is 3. The van der Waals surface area contributed by atoms with E-state index in [0.717, 1.165) is 16.7 Å². The minimum atomic E-state index is -4.40. The molecule has 0 radical (unpaired) electrons. The number of aromatic nitrogens is 4. The summed E-state index contributed by atoms with van der Waals surface area (Å²) in [5.74, 6) is -0.176. The Balaban J connectivity index is 1.61. The van der Waals surface area contributed by atoms with Crippen LogP contribution < -0.4 is 11.2 Å². The Morgan fingerprint density at radius 1 is 1.10 bits per heavy atom. The Hall–Kier alpha value is -3.37. The summed E-state index contributed by atoms with van der Waals surface area (Å²) in [6.07, 6.45) is -2.33. The number of hydrogen-bond donors (Lipinski definition) is 0. The van der Waals surface area contributed by atoms with Crippen molar-refractivity contribution in [2.75, 3.05) is 7.05 Å². The molecule has 1 aromatic carbocycles. The third-order valence-corrected chi connectivity index (χ3v) is 5.13. The fourth-order valence-electron chi connectivity index (χ4n) is 3.32. The molecule has 2 heterocycles. The van der Waals surface area contributed by atoms with E-state index in [-0.39, 0.29) is 30.0 Å². The summed E-state index contributed by atoms with van der Waals surface area (Å²) in [4.78, 5) is 42.4. The van der Waals surface area contributed by atoms with Crippen molar-refractivity contribution in [3.8, 4) is 0 Å². The SMILES string of the molecule is CN(Cc1ccc(C(F)(F)F)cc1)C(=O)CCCn1cnc2c1c(=O)n(C)c(=O)n2C. The van der Waals surface area contributed by atoms with E-state index in [0.29, 0.717) is 18.5 Å². The van der Waals surface area contributed by atoms with Gasteiger partial charge in [0.1, 0.15) is 0 Å². The Bertz CT molecular complexity index is 1220. The molecule has 0 fully saturated rings. The smallest absolute Gasteiger partial charge is 0.341 e. The molecule has 2 aromatic heterocycles. The lowest BCUT2D eigenvalue weighted by molar-refractivity contribution is -0.137. The molecule has 31 heavy (non-hydrogen) atoms. The predicted octanol–water partition coefficient (Wildman–Crippen LogP) is 1.89. The lowest BCUT2D eigenvalue weighted by Gasteiger charge is -2.18. The fourth-order valence-corrected chi connectivity index (χ4v) is 3.32. The summed E-state index contributed by atoms with van der Waals surface area (Å²) in [6, 6.07) is 4.69. The summed E-state index contributed by atoms with van der Waals surface area (Å²) < 4.78 is 41.8. The molecule has 0 aliphatic heterocycles. The minimum Gasteiger partial charge on any atom is -0.341 e. The van der Waals surface area contributed by atoms with Gasteiger partial charge in [0.25, 0.3) is 5.56 Å². The molecule has 0 saturated carbocycles. The molecular weight excluding hydrogens is 415 g/mol. The van der Waals surface area contributed by atoms with E-state index in [1.165, 1.54) is 42.0 Å². The van der Waals surface area contributed by atoms with Gasteiger partial charge in [0.05, 0.1) is 11.9 Å². The van der Waals surface area contributed by atoms with Crippen molar-refractivity contribution >= 4 is 17.1 Å². The molecule has 3 aromatic rings. The Labute approximate surface area is 175 Å². The second-order valence-corrected chi connectivity index (χ2v) is 7.36. The van der Waals surface area contributed by atoms with E-state index in [9.17, 15) is 27.6 Å². The van der Waals surface area contributed by atoms with Crippen molar-refractivity contribution in [1.82, 2.24) is 23.6 Å². The zero-order valence-corrected chi connectivity index (χ0v) is 17.3. The summed E-state index contributed by atoms with van der Waals surface area (Å²) in [6.45, 7) is 0.539. The molecular formula is C20H22F3N5O3. The lowest BCUT2D eigenvalue weighted by atomic mass is 10.1. The third-order valence-electron chi connectivity index (χ3n) is 5.13. The van der Waals surface area contributed by atoms with Crippen LogP contribution >= 0.6 is 0 Å². The lowest BCUT2D eigenvalue weighted by Crippen LogP contribution is -2.37. The van der Waals surface area contributed by atoms with E-state index in [2.05, 4.69) is 4.98 Å². The van der Waals surface area contributed by atoms with Crippen LogP contribution in [-0.4, -0.2) is 36.5 Å². The number of rotatable bonds is 6. The van der Waals surface area contributed by atoms with Crippen molar-refractivity contribution in [1.29, 1.82) is 0 Å². The molecule has 0 aliphatic carbocycles. The van der Waals surface area contributed by atoms with Crippen LogP contribution in [0.3, 0.4) is 0 Å². The average molecular weight is 437 g/mol. The quantitative estimate of drug-likeness (QED) is 0.590. The van der Waals surface area contributed by atoms with Gasteiger partial charge >= 0.3 is 11.9 Å². The number of halogens is 3. The monoisotopic (exact) mass is 437 g/mol. The number of imidazole rings is 1. The van der Waals surface area contributed by atoms with Crippen molar-refractivity contribution in [3.63, 3.8) is 0 Å². The van der Waals surface area contributed by atoms with Gasteiger partial charge in [-0.05, 0) is 24.1 Å². The molecule has 0 N–H and O–H groups in total. The van der Waals surface area contributed by atoms with E-state index in [1.54, 1.807) is 11.6 Å². The number of carbonyl (C=O) groups excluding carboxylic acids is 1. The van der Waals surface area contributed by atoms with Gasteiger partial charge in [-0.15, -0.1) is 0 Å². The summed E-state index contributed by atoms with van der Waals surface area (Å²) in [5.41, 5.74) is -0.506. The highest BCUT2D eigenvalue weighted by Gasteiger charge is 2.30. The van der Waals surface area contributed by atoms with Crippen LogP contribution in [0.25, 0.3) is 11.2 Å². The third kappa shape index (κ3) is 4.54. The van der Waals surface area contributed by atoms with E-state index >= 15 is 0 Å². The summed E-state index contributed by atoms with van der Waals surface area (Å²) >= 11 is 0. The number of benzene rings is 1. The van der Waals surface area contributed by atoms with Crippen LogP contribution in [0.1, 0.15) is 24.0 Å². The van der Waals surface area contributed by atoms with Gasteiger partial charge in [0.2, 0.25) is 5.91 Å². The average Bonchev–Trinajstić information content (AvgIpc) is 3.14. The van der Waals surface area contributed by atoms with Crippen LogP contribution in [-0.2, 0) is 38.2 Å². The fraction of sp³-hybridized carbons (Fsp3) is 0.400. The molecule has 0 bridgehead atoms. The minimum absolute atomic E-state index is 0.176. The van der Waals surface area contributed by atoms with Crippen molar-refractivity contribution in [2.24, 2.45) is 14.1 Å². The number of nitrogens with zero attached hydrogens (tertiary/aromatic N) is 5. The Morgan fingerprint density at radius 2 is 1.74 bits per heavy atom. The molecule has 166 valence electrons. The zero-order valence-electron chi connectivity index (χ0n) is 17.3. The van der Waals surface area contributed by atoms with Gasteiger partial charge < -0.3 is 9.47 Å². The maximum Gasteiger partial charge on any atom is 0.416 e. The van der Waals surface area contributed by atoms with E-state index in [4.69, 9.17) is 0 Å². The first kappa shape index (κ1) is 22.3. The largest absolute Gasteiger partial charge is 0.416 e. The molecule has 1 amide bonds. The molecule has 3 rings (SSSR count). The number of hydrogen-bond acceptors (Lipinski definition) is 4. The van der Waals surface area contributed by atoms with Crippen LogP contribution in [0.5, 0.6) is 0 Å². The standard InChI is InChI=1S/C20H22F3N5O3/c1-25(11-13-6-8-14(9-7-13)20(21,22)23)15(29)5-4-10-28-12-24-17-16(28)18(30)27(3)19(31)26(17)2/h6-9,12H,4-5,10-11H2,1-3H3. The number of fused-ring (bicyclic) bond motifs is 1. The van der Waals surface area contributed by atoms with Gasteiger partial charge in [0, 0.05) is 40.7 Å². The first-order valence-electron chi connectivity index (χ1n) is 9.51. The van der Waals surface area contributed by atoms with Crippen LogP contribution in [0.2, 0.25) is 0 Å². The van der Waals surface area contributed by atoms with Crippen LogP contribution in [0, 0.1) is 0 Å². The summed E-state index contributed by atoms with van der Waals surface area (Å²) in [7, 11) is 4.50. The summed E-state index contributed by atoms with van der Waals surface area (Å²) in [5, 5.41) is 0. The highest BCUT2D eigenvalue weighted by atomic mass is 19.4. The zero-order chi connectivity index (χ0) is 22.9. The number of amides is 1. The highest BCUT2D eigenvalue weighted by molar-refractivity contribution is 5.76. The predicted molar refractivity (Wildman–Crippen MR) is 107 cm³/mol. The van der Waals surface area contributed by atoms with Crippen LogP contribution in [0.15, 0.2) is 40.2 Å². The molecule has 0 saturated heterocycles. The van der Waals surface area contributed by atoms with Crippen molar-refractivity contribution in [2.45, 2.75) is 32.1 Å². The van der Waals surface area contributed by atoms with Gasteiger partial charge in [-0.1, -0.05) is 12.1 Å². The first-order valence-corrected chi connectivity index (χ1v) is 9.51. The number of aryl methyl sites for hydroxylation is 2. The van der Waals surface area contributed by atoms with Gasteiger partial charge in [-0.3, -0.25) is 18.7 Å². The molecule has 0 atom stereocenters. The van der Waals surface area contributed by atoms with E-state index < -0.39 is 23.0 Å². The first-order chi connectivity index (χ1) is 14.5. The molecule has 0 spiro atoms. The maximum absolute atomic E-state index is 12.6. The second kappa shape index (κ2) is 8.40. The Kier molecular flexibility index (Phi) is 6.05. The second-order valence-electron chi connectivity index (χ2n) is 7.36. The molecule has 0 unspecified atom stereocenters. The molecule has 11 heteroatoms. The maximum atomic E-state index is 12.6. The highest BCUT2D eigenvalue weighted by Crippen LogP contribution is 2.29. The van der Waals surface area contributed by atoms with Crippen LogP contribution in [0.4, 0.5) is 13.2 Å². The topological polar surface area (TPSA) is 82.1 Å². The van der Waals surface area contributed by atoms with Gasteiger partial charge in [-0.2, -0.15) is 13.2 Å². The number of carbonyl (C=O) groups is 1. The van der Waals surface area contributed by atoms with Gasteiger partial charge in [-0.25, -0.2) is 9.78 Å². The normalized spacial score (nSPS) is 11.8.